The minimum absolute atomic E-state index is 0.542. The quantitative estimate of drug-likeness (QED) is 0.129. The van der Waals surface area contributed by atoms with Crippen LogP contribution in [0, 0.1) is 0 Å². The predicted octanol–water partition coefficient (Wildman–Crippen LogP) is 7.74. The summed E-state index contributed by atoms with van der Waals surface area (Å²) in [5.74, 6) is 1.63. The number of hydrogen-bond donors (Lipinski definition) is 2. The van der Waals surface area contributed by atoms with E-state index >= 15 is 0 Å². The molecular weight excluding hydrogens is 496 g/mol. The molecule has 40 heavy (non-hydrogen) atoms. The van der Waals surface area contributed by atoms with Gasteiger partial charge in [-0.25, -0.2) is 0 Å². The summed E-state index contributed by atoms with van der Waals surface area (Å²) >= 11 is 0. The number of ether oxygens (including phenoxy) is 2. The summed E-state index contributed by atoms with van der Waals surface area (Å²) < 4.78 is 11.7. The molecule has 0 aliphatic heterocycles. The second-order valence-electron chi connectivity index (χ2n) is 9.00. The van der Waals surface area contributed by atoms with Gasteiger partial charge in [0.15, 0.2) is 0 Å². The monoisotopic (exact) mass is 526 g/mol. The summed E-state index contributed by atoms with van der Waals surface area (Å²) in [6, 6.07) is 43.6. The molecule has 0 spiro atoms. The molecule has 0 saturated heterocycles. The molecule has 6 nitrogen and oxygen atoms in total. The Morgan fingerprint density at radius 1 is 0.450 bits per heavy atom. The average molecular weight is 527 g/mol. The van der Waals surface area contributed by atoms with Gasteiger partial charge in [-0.2, -0.15) is 10.2 Å². The highest BCUT2D eigenvalue weighted by Crippen LogP contribution is 2.18. The van der Waals surface area contributed by atoms with Crippen LogP contribution in [0.3, 0.4) is 0 Å². The number of hydrazone groups is 2. The Balaban J connectivity index is 1.04. The lowest BCUT2D eigenvalue weighted by Gasteiger charge is -2.07. The summed E-state index contributed by atoms with van der Waals surface area (Å²) in [4.78, 5) is 0. The van der Waals surface area contributed by atoms with E-state index in [4.69, 9.17) is 9.47 Å². The minimum atomic E-state index is 0.542. The molecule has 0 heterocycles. The van der Waals surface area contributed by atoms with E-state index in [1.54, 1.807) is 12.4 Å². The van der Waals surface area contributed by atoms with Gasteiger partial charge >= 0.3 is 0 Å². The minimum Gasteiger partial charge on any atom is -0.489 e. The smallest absolute Gasteiger partial charge is 0.119 e. The lowest BCUT2D eigenvalue weighted by Crippen LogP contribution is -1.96. The molecule has 5 rings (SSSR count). The van der Waals surface area contributed by atoms with E-state index in [1.165, 1.54) is 0 Å². The SMILES string of the molecule is C(=N\Nc1ccc(OCc2ccccc2)cc1)/c1ccc(/C=N/Nc2ccc(OCc3ccccc3)cc2)cc1. The Labute approximate surface area is 234 Å². The van der Waals surface area contributed by atoms with Crippen molar-refractivity contribution in [3.8, 4) is 11.5 Å². The van der Waals surface area contributed by atoms with Gasteiger partial charge in [0.1, 0.15) is 24.7 Å². The molecule has 5 aromatic carbocycles. The van der Waals surface area contributed by atoms with Crippen molar-refractivity contribution in [1.29, 1.82) is 0 Å². The van der Waals surface area contributed by atoms with Crippen LogP contribution < -0.4 is 20.3 Å². The molecule has 0 unspecified atom stereocenters. The van der Waals surface area contributed by atoms with E-state index in [2.05, 4.69) is 21.1 Å². The normalized spacial score (nSPS) is 11.0. The molecular formula is C34H30N4O2. The molecule has 0 radical (unpaired) electrons. The molecule has 0 aliphatic rings. The van der Waals surface area contributed by atoms with E-state index < -0.39 is 0 Å². The van der Waals surface area contributed by atoms with Crippen molar-refractivity contribution in [1.82, 2.24) is 0 Å². The topological polar surface area (TPSA) is 67.2 Å². The molecule has 2 N–H and O–H groups in total. The zero-order valence-corrected chi connectivity index (χ0v) is 22.0. The van der Waals surface area contributed by atoms with E-state index in [1.807, 2.05) is 133 Å². The summed E-state index contributed by atoms with van der Waals surface area (Å²) in [6.07, 6.45) is 3.56. The van der Waals surface area contributed by atoms with Gasteiger partial charge in [0.05, 0.1) is 23.8 Å². The number of anilines is 2. The van der Waals surface area contributed by atoms with Gasteiger partial charge in [0, 0.05) is 0 Å². The standard InChI is InChI=1S/C34H30N4O2/c1-3-7-29(8-4-1)25-39-33-19-15-31(16-20-33)37-35-23-27-11-13-28(14-12-27)24-36-38-32-17-21-34(22-18-32)40-26-30-9-5-2-6-10-30/h1-24,37-38H,25-26H2/b35-23+,36-24+. The van der Waals surface area contributed by atoms with Gasteiger partial charge in [-0.3, -0.25) is 10.9 Å². The highest BCUT2D eigenvalue weighted by molar-refractivity contribution is 5.84. The molecule has 0 saturated carbocycles. The third-order valence-corrected chi connectivity index (χ3v) is 5.96. The third kappa shape index (κ3) is 8.33. The average Bonchev–Trinajstić information content (AvgIpc) is 3.02. The van der Waals surface area contributed by atoms with Crippen molar-refractivity contribution in [3.05, 3.63) is 156 Å². The number of nitrogens with zero attached hydrogens (tertiary/aromatic N) is 2. The van der Waals surface area contributed by atoms with E-state index in [0.29, 0.717) is 13.2 Å². The van der Waals surface area contributed by atoms with Crippen LogP contribution in [0.15, 0.2) is 144 Å². The maximum atomic E-state index is 5.83. The first kappa shape index (κ1) is 26.3. The van der Waals surface area contributed by atoms with Crippen LogP contribution >= 0.6 is 0 Å². The maximum absolute atomic E-state index is 5.83. The van der Waals surface area contributed by atoms with Crippen LogP contribution in [-0.4, -0.2) is 12.4 Å². The summed E-state index contributed by atoms with van der Waals surface area (Å²) in [5.41, 5.74) is 12.1. The maximum Gasteiger partial charge on any atom is 0.119 e. The van der Waals surface area contributed by atoms with Crippen molar-refractivity contribution >= 4 is 23.8 Å². The summed E-state index contributed by atoms with van der Waals surface area (Å²) in [7, 11) is 0. The van der Waals surface area contributed by atoms with Gasteiger partial charge < -0.3 is 9.47 Å². The van der Waals surface area contributed by atoms with Gasteiger partial charge in [0.25, 0.3) is 0 Å². The molecule has 198 valence electrons. The first-order valence-corrected chi connectivity index (χ1v) is 13.0. The first-order valence-electron chi connectivity index (χ1n) is 13.0. The lowest BCUT2D eigenvalue weighted by atomic mass is 10.2. The Morgan fingerprint density at radius 2 is 0.825 bits per heavy atom. The Kier molecular flexibility index (Phi) is 9.17. The predicted molar refractivity (Wildman–Crippen MR) is 163 cm³/mol. The van der Waals surface area contributed by atoms with Gasteiger partial charge in [0.2, 0.25) is 0 Å². The van der Waals surface area contributed by atoms with Crippen molar-refractivity contribution in [2.75, 3.05) is 10.9 Å². The third-order valence-electron chi connectivity index (χ3n) is 5.96. The lowest BCUT2D eigenvalue weighted by molar-refractivity contribution is 0.306. The molecule has 0 fully saturated rings. The fraction of sp³-hybridized carbons (Fsp3) is 0.0588. The zero-order valence-electron chi connectivity index (χ0n) is 22.0. The fourth-order valence-corrected chi connectivity index (χ4v) is 3.76. The van der Waals surface area contributed by atoms with Crippen LogP contribution in [0.5, 0.6) is 11.5 Å². The van der Waals surface area contributed by atoms with Crippen LogP contribution in [-0.2, 0) is 13.2 Å². The molecule has 0 amide bonds. The van der Waals surface area contributed by atoms with Crippen LogP contribution in [0.25, 0.3) is 0 Å². The van der Waals surface area contributed by atoms with Gasteiger partial charge in [-0.1, -0.05) is 84.9 Å². The van der Waals surface area contributed by atoms with Gasteiger partial charge in [-0.15, -0.1) is 0 Å². The number of benzene rings is 5. The zero-order chi connectivity index (χ0) is 27.2. The second kappa shape index (κ2) is 14.0. The molecule has 6 heteroatoms. The summed E-state index contributed by atoms with van der Waals surface area (Å²) in [6.45, 7) is 1.08. The van der Waals surface area contributed by atoms with E-state index in [-0.39, 0.29) is 0 Å². The second-order valence-corrected chi connectivity index (χ2v) is 9.00. The highest BCUT2D eigenvalue weighted by Gasteiger charge is 1.98. The Bertz CT molecular complexity index is 1380. The van der Waals surface area contributed by atoms with Gasteiger partial charge in [-0.05, 0) is 70.8 Å². The van der Waals surface area contributed by atoms with Crippen LogP contribution in [0.2, 0.25) is 0 Å². The Morgan fingerprint density at radius 3 is 1.20 bits per heavy atom. The number of nitrogens with one attached hydrogen (secondary N) is 2. The van der Waals surface area contributed by atoms with Crippen LogP contribution in [0.1, 0.15) is 22.3 Å². The highest BCUT2D eigenvalue weighted by atomic mass is 16.5. The number of rotatable bonds is 12. The van der Waals surface area contributed by atoms with Crippen LogP contribution in [0.4, 0.5) is 11.4 Å². The largest absolute Gasteiger partial charge is 0.489 e. The van der Waals surface area contributed by atoms with Crippen molar-refractivity contribution in [2.45, 2.75) is 13.2 Å². The molecule has 0 aromatic heterocycles. The van der Waals surface area contributed by atoms with Crippen molar-refractivity contribution < 1.29 is 9.47 Å². The van der Waals surface area contributed by atoms with Crippen molar-refractivity contribution in [3.63, 3.8) is 0 Å². The van der Waals surface area contributed by atoms with E-state index in [0.717, 1.165) is 45.1 Å². The number of hydrogen-bond acceptors (Lipinski definition) is 6. The van der Waals surface area contributed by atoms with Crippen molar-refractivity contribution in [2.24, 2.45) is 10.2 Å². The molecule has 0 atom stereocenters. The fourth-order valence-electron chi connectivity index (χ4n) is 3.76. The Hall–Kier alpha value is -5.36. The first-order chi connectivity index (χ1) is 19.8. The molecule has 5 aromatic rings. The summed E-state index contributed by atoms with van der Waals surface area (Å²) in [5, 5.41) is 8.66. The molecule has 0 bridgehead atoms. The van der Waals surface area contributed by atoms with E-state index in [9.17, 15) is 0 Å². The molecule has 0 aliphatic carbocycles.